The summed E-state index contributed by atoms with van der Waals surface area (Å²) in [5.74, 6) is 0.893. The molecule has 3 heterocycles. The van der Waals surface area contributed by atoms with E-state index in [9.17, 15) is 9.35 Å². The number of benzene rings is 2. The van der Waals surface area contributed by atoms with Gasteiger partial charge in [-0.05, 0) is 36.8 Å². The second-order valence-corrected chi connectivity index (χ2v) is 10.8. The summed E-state index contributed by atoms with van der Waals surface area (Å²) < 4.78 is 14.0. The Morgan fingerprint density at radius 3 is 2.71 bits per heavy atom. The molecule has 2 aromatic carbocycles. The molecule has 5 rings (SSSR count). The minimum atomic E-state index is -1.31. The molecule has 11 nitrogen and oxygen atoms in total. The first-order valence-corrected chi connectivity index (χ1v) is 13.3. The number of carbonyl (C=O) groups is 1. The number of hydrogen-bond donors (Lipinski definition) is 3. The van der Waals surface area contributed by atoms with Gasteiger partial charge in [0.2, 0.25) is 5.95 Å². The number of fused-ring (bicyclic) bond motifs is 1. The van der Waals surface area contributed by atoms with Crippen molar-refractivity contribution in [1.29, 1.82) is 0 Å². The molecule has 0 bridgehead atoms. The highest BCUT2D eigenvalue weighted by Gasteiger charge is 2.18. The molecule has 3 N–H and O–H groups in total. The maximum absolute atomic E-state index is 13.1. The van der Waals surface area contributed by atoms with E-state index in [4.69, 9.17) is 4.98 Å². The lowest BCUT2D eigenvalue weighted by Gasteiger charge is -2.27. The molecule has 12 heteroatoms. The van der Waals surface area contributed by atoms with Crippen LogP contribution in [-0.2, 0) is 11.4 Å². The van der Waals surface area contributed by atoms with E-state index in [-0.39, 0.29) is 5.91 Å². The minimum Gasteiger partial charge on any atom is -0.593 e. The molecular formula is C26H29N9O2S. The third kappa shape index (κ3) is 5.68. The number of carbonyl (C=O) groups excluding carboxylic acids is 1. The quantitative estimate of drug-likeness (QED) is 0.306. The lowest BCUT2D eigenvalue weighted by Crippen LogP contribution is -2.44. The summed E-state index contributed by atoms with van der Waals surface area (Å²) in [6, 6.07) is 12.4. The predicted octanol–water partition coefficient (Wildman–Crippen LogP) is 2.72. The number of amides is 1. The number of nitrogens with zero attached hydrogens (tertiary/aromatic N) is 6. The van der Waals surface area contributed by atoms with Gasteiger partial charge in [0.1, 0.15) is 17.4 Å². The number of nitrogens with one attached hydrogen (secondary N) is 3. The molecule has 0 saturated carbocycles. The number of aryl methyl sites for hydroxylation is 1. The van der Waals surface area contributed by atoms with Crippen molar-refractivity contribution in [2.75, 3.05) is 55.8 Å². The molecule has 1 fully saturated rings. The Labute approximate surface area is 224 Å². The van der Waals surface area contributed by atoms with Crippen LogP contribution in [0, 0.1) is 6.92 Å². The highest BCUT2D eigenvalue weighted by molar-refractivity contribution is 7.89. The average Bonchev–Trinajstić information content (AvgIpc) is 2.94. The first kappa shape index (κ1) is 25.8. The smallest absolute Gasteiger partial charge is 0.255 e. The highest BCUT2D eigenvalue weighted by Crippen LogP contribution is 2.26. The number of piperazine rings is 1. The Kier molecular flexibility index (Phi) is 7.65. The van der Waals surface area contributed by atoms with Gasteiger partial charge >= 0.3 is 0 Å². The van der Waals surface area contributed by atoms with Gasteiger partial charge in [-0.3, -0.25) is 4.79 Å². The Hall–Kier alpha value is -3.84. The van der Waals surface area contributed by atoms with E-state index in [1.807, 2.05) is 13.0 Å². The maximum atomic E-state index is 13.1. The highest BCUT2D eigenvalue weighted by atomic mass is 32.2. The van der Waals surface area contributed by atoms with Crippen LogP contribution in [0.3, 0.4) is 0 Å². The first-order valence-electron chi connectivity index (χ1n) is 12.2. The van der Waals surface area contributed by atoms with Crippen LogP contribution in [0.2, 0.25) is 0 Å². The van der Waals surface area contributed by atoms with Crippen molar-refractivity contribution in [3.63, 3.8) is 0 Å². The molecule has 1 aliphatic heterocycles. The molecule has 4 aromatic rings. The van der Waals surface area contributed by atoms with Crippen LogP contribution >= 0.6 is 0 Å². The maximum Gasteiger partial charge on any atom is 0.255 e. The van der Waals surface area contributed by atoms with E-state index < -0.39 is 11.4 Å². The molecule has 1 atom stereocenters. The monoisotopic (exact) mass is 531 g/mol. The van der Waals surface area contributed by atoms with Crippen LogP contribution in [0.25, 0.3) is 11.0 Å². The van der Waals surface area contributed by atoms with Crippen molar-refractivity contribution in [1.82, 2.24) is 29.6 Å². The lowest BCUT2D eigenvalue weighted by molar-refractivity contribution is 0.102. The molecule has 0 spiro atoms. The van der Waals surface area contributed by atoms with Crippen molar-refractivity contribution in [2.24, 2.45) is 0 Å². The Morgan fingerprint density at radius 1 is 1.11 bits per heavy atom. The zero-order chi connectivity index (χ0) is 26.6. The van der Waals surface area contributed by atoms with E-state index in [2.05, 4.69) is 35.8 Å². The van der Waals surface area contributed by atoms with Gasteiger partial charge in [-0.1, -0.05) is 12.1 Å². The van der Waals surface area contributed by atoms with E-state index in [0.29, 0.717) is 38.9 Å². The van der Waals surface area contributed by atoms with Crippen LogP contribution in [0.5, 0.6) is 0 Å². The average molecular weight is 532 g/mol. The van der Waals surface area contributed by atoms with E-state index in [1.54, 1.807) is 61.0 Å². The summed E-state index contributed by atoms with van der Waals surface area (Å²) >= 11 is -1.31. The number of hydrogen-bond acceptors (Lipinski definition) is 10. The Balaban J connectivity index is 1.39. The van der Waals surface area contributed by atoms with Gasteiger partial charge in [0.05, 0.1) is 17.6 Å². The summed E-state index contributed by atoms with van der Waals surface area (Å²) in [6.07, 6.45) is 3.18. The van der Waals surface area contributed by atoms with Gasteiger partial charge in [-0.2, -0.15) is 0 Å². The van der Waals surface area contributed by atoms with Crippen molar-refractivity contribution in [3.05, 3.63) is 66.1 Å². The summed E-state index contributed by atoms with van der Waals surface area (Å²) in [6.45, 7) is 5.36. The molecule has 1 amide bonds. The zero-order valence-electron chi connectivity index (χ0n) is 21.4. The molecule has 196 valence electrons. The summed E-state index contributed by atoms with van der Waals surface area (Å²) in [4.78, 5) is 33.8. The van der Waals surface area contributed by atoms with Crippen molar-refractivity contribution >= 4 is 51.4 Å². The van der Waals surface area contributed by atoms with Crippen LogP contribution in [-0.4, -0.2) is 75.0 Å². The molecule has 1 unspecified atom stereocenters. The molecule has 2 aromatic heterocycles. The number of aromatic nitrogens is 4. The second kappa shape index (κ2) is 11.3. The summed E-state index contributed by atoms with van der Waals surface area (Å²) in [5, 5.41) is 9.57. The normalized spacial score (nSPS) is 14.5. The number of anilines is 4. The molecule has 38 heavy (non-hydrogen) atoms. The van der Waals surface area contributed by atoms with Gasteiger partial charge in [-0.15, -0.1) is 4.31 Å². The third-order valence-corrected chi connectivity index (χ3v) is 7.46. The predicted molar refractivity (Wildman–Crippen MR) is 149 cm³/mol. The SMILES string of the molecule is Cc1ccc(C(=O)Nc2cccc([S+]([O-])N(C)C)c2)cc1Nc1ncnc2cnc(N3CCNCC3)nc12. The standard InChI is InChI=1S/C26H29N9O2S/c1-17-7-8-18(25(36)31-19-5-4-6-20(14-19)38(37)34(2)3)13-21(17)32-24-23-22(29-16-30-24)15-28-26(33-23)35-11-9-27-10-12-35/h4-8,13-16,27H,9-12H2,1-3H3,(H,31,36)(H,29,30,32). The summed E-state index contributed by atoms with van der Waals surface area (Å²) in [7, 11) is 3.47. The fourth-order valence-electron chi connectivity index (χ4n) is 4.08. The first-order chi connectivity index (χ1) is 18.4. The van der Waals surface area contributed by atoms with Crippen molar-refractivity contribution < 1.29 is 9.35 Å². The number of rotatable bonds is 7. The lowest BCUT2D eigenvalue weighted by atomic mass is 10.1. The van der Waals surface area contributed by atoms with Crippen LogP contribution in [0.1, 0.15) is 15.9 Å². The van der Waals surface area contributed by atoms with Gasteiger partial charge in [0.15, 0.2) is 10.7 Å². The fraction of sp³-hybridized carbons (Fsp3) is 0.269. The van der Waals surface area contributed by atoms with Crippen molar-refractivity contribution in [3.8, 4) is 0 Å². The molecule has 1 saturated heterocycles. The van der Waals surface area contributed by atoms with E-state index in [0.717, 1.165) is 37.4 Å². The second-order valence-electron chi connectivity index (χ2n) is 9.06. The third-order valence-electron chi connectivity index (χ3n) is 6.14. The fourth-order valence-corrected chi connectivity index (χ4v) is 4.92. The van der Waals surface area contributed by atoms with Crippen LogP contribution in [0.15, 0.2) is 59.9 Å². The van der Waals surface area contributed by atoms with E-state index in [1.165, 1.54) is 6.33 Å². The minimum absolute atomic E-state index is 0.281. The van der Waals surface area contributed by atoms with Gasteiger partial charge < -0.3 is 25.4 Å². The van der Waals surface area contributed by atoms with Crippen LogP contribution < -0.4 is 20.9 Å². The van der Waals surface area contributed by atoms with Gasteiger partial charge in [0, 0.05) is 63.3 Å². The molecule has 0 aliphatic carbocycles. The van der Waals surface area contributed by atoms with Crippen LogP contribution in [0.4, 0.5) is 23.1 Å². The molecule has 1 aliphatic rings. The topological polar surface area (TPSA) is 134 Å². The Morgan fingerprint density at radius 2 is 1.92 bits per heavy atom. The van der Waals surface area contributed by atoms with Gasteiger partial charge in [-0.25, -0.2) is 19.9 Å². The largest absolute Gasteiger partial charge is 0.593 e. The zero-order valence-corrected chi connectivity index (χ0v) is 22.2. The van der Waals surface area contributed by atoms with Crippen molar-refractivity contribution in [2.45, 2.75) is 11.8 Å². The summed E-state index contributed by atoms with van der Waals surface area (Å²) in [5.41, 5.74) is 3.93. The molecule has 0 radical (unpaired) electrons. The van der Waals surface area contributed by atoms with E-state index >= 15 is 0 Å². The molecular weight excluding hydrogens is 502 g/mol. The van der Waals surface area contributed by atoms with Gasteiger partial charge in [0.25, 0.3) is 5.91 Å². The Bertz CT molecular complexity index is 1460.